The van der Waals surface area contributed by atoms with E-state index in [0.29, 0.717) is 26.4 Å². The summed E-state index contributed by atoms with van der Waals surface area (Å²) in [5.41, 5.74) is 5.81. The second kappa shape index (κ2) is 8.36. The number of nitrogens with one attached hydrogen (secondary N) is 1. The molecule has 0 saturated heterocycles. The molecule has 1 aromatic rings. The Kier molecular flexibility index (Phi) is 7.15. The number of methoxy groups -OCH3 is 1. The molecule has 1 aromatic carbocycles. The lowest BCUT2D eigenvalue weighted by molar-refractivity contribution is -0.126. The molecule has 112 valence electrons. The van der Waals surface area contributed by atoms with Crippen molar-refractivity contribution < 1.29 is 14.3 Å². The molecule has 0 radical (unpaired) electrons. The van der Waals surface area contributed by atoms with Crippen LogP contribution in [0.1, 0.15) is 12.5 Å². The van der Waals surface area contributed by atoms with E-state index in [9.17, 15) is 4.79 Å². The summed E-state index contributed by atoms with van der Waals surface area (Å²) >= 11 is 3.35. The lowest BCUT2D eigenvalue weighted by Crippen LogP contribution is -2.49. The number of halogens is 1. The second-order valence-corrected chi connectivity index (χ2v) is 5.49. The van der Waals surface area contributed by atoms with Crippen LogP contribution in [0.25, 0.3) is 0 Å². The van der Waals surface area contributed by atoms with Crippen LogP contribution in [0.5, 0.6) is 0 Å². The first-order valence-corrected chi connectivity index (χ1v) is 7.17. The van der Waals surface area contributed by atoms with Crippen LogP contribution >= 0.6 is 15.9 Å². The van der Waals surface area contributed by atoms with Gasteiger partial charge in [-0.15, -0.1) is 0 Å². The molecule has 5 nitrogen and oxygen atoms in total. The number of hydrogen-bond acceptors (Lipinski definition) is 4. The van der Waals surface area contributed by atoms with Gasteiger partial charge < -0.3 is 20.5 Å². The molecule has 0 saturated carbocycles. The minimum absolute atomic E-state index is 0.227. The van der Waals surface area contributed by atoms with Crippen LogP contribution < -0.4 is 11.1 Å². The molecule has 0 aliphatic carbocycles. The van der Waals surface area contributed by atoms with Gasteiger partial charge in [-0.1, -0.05) is 28.1 Å². The second-order valence-electron chi connectivity index (χ2n) is 4.57. The van der Waals surface area contributed by atoms with Crippen molar-refractivity contribution in [3.8, 4) is 0 Å². The highest BCUT2D eigenvalue weighted by atomic mass is 79.9. The van der Waals surface area contributed by atoms with Crippen molar-refractivity contribution in [1.29, 1.82) is 0 Å². The molecule has 1 rings (SSSR count). The Hall–Kier alpha value is -0.950. The Balaban J connectivity index is 2.43. The smallest absolute Gasteiger partial charge is 0.244 e. The van der Waals surface area contributed by atoms with E-state index in [0.717, 1.165) is 10.0 Å². The van der Waals surface area contributed by atoms with Gasteiger partial charge in [0.1, 0.15) is 5.54 Å². The van der Waals surface area contributed by atoms with Crippen LogP contribution in [-0.2, 0) is 19.8 Å². The van der Waals surface area contributed by atoms with Crippen molar-refractivity contribution in [2.45, 2.75) is 12.5 Å². The number of amides is 1. The van der Waals surface area contributed by atoms with Crippen molar-refractivity contribution in [3.63, 3.8) is 0 Å². The first kappa shape index (κ1) is 17.1. The predicted octanol–water partition coefficient (Wildman–Crippen LogP) is 1.40. The van der Waals surface area contributed by atoms with E-state index in [4.69, 9.17) is 15.2 Å². The molecule has 0 aliphatic rings. The van der Waals surface area contributed by atoms with Crippen LogP contribution in [0.2, 0.25) is 0 Å². The van der Waals surface area contributed by atoms with Crippen molar-refractivity contribution in [3.05, 3.63) is 34.3 Å². The van der Waals surface area contributed by atoms with Gasteiger partial charge in [0, 0.05) is 18.1 Å². The molecule has 1 atom stereocenters. The Labute approximate surface area is 127 Å². The number of hydrogen-bond donors (Lipinski definition) is 2. The monoisotopic (exact) mass is 344 g/mol. The molecular weight excluding hydrogens is 324 g/mol. The molecule has 0 spiro atoms. The van der Waals surface area contributed by atoms with Gasteiger partial charge in [-0.05, 0) is 24.6 Å². The van der Waals surface area contributed by atoms with Gasteiger partial charge in [-0.2, -0.15) is 0 Å². The zero-order valence-corrected chi connectivity index (χ0v) is 13.4. The maximum atomic E-state index is 12.1. The lowest BCUT2D eigenvalue weighted by Gasteiger charge is -2.24. The molecule has 0 aliphatic heterocycles. The van der Waals surface area contributed by atoms with Crippen molar-refractivity contribution in [2.24, 2.45) is 5.73 Å². The molecule has 0 fully saturated rings. The molecular formula is C14H21BrN2O3. The van der Waals surface area contributed by atoms with Crippen LogP contribution in [0.3, 0.4) is 0 Å². The summed E-state index contributed by atoms with van der Waals surface area (Å²) in [6, 6.07) is 7.39. The van der Waals surface area contributed by atoms with Crippen LogP contribution in [0, 0.1) is 0 Å². The van der Waals surface area contributed by atoms with Gasteiger partial charge in [0.15, 0.2) is 0 Å². The summed E-state index contributed by atoms with van der Waals surface area (Å²) < 4.78 is 11.1. The van der Waals surface area contributed by atoms with E-state index in [1.165, 1.54) is 0 Å². The minimum Gasteiger partial charge on any atom is -0.382 e. The van der Waals surface area contributed by atoms with Crippen molar-refractivity contribution >= 4 is 21.8 Å². The largest absolute Gasteiger partial charge is 0.382 e. The van der Waals surface area contributed by atoms with E-state index in [1.54, 1.807) is 14.0 Å². The SMILES string of the molecule is COCCOCCNC(=O)C(C)(N)c1ccc(Br)cc1. The summed E-state index contributed by atoms with van der Waals surface area (Å²) in [5, 5.41) is 2.77. The molecule has 0 aromatic heterocycles. The number of benzene rings is 1. The van der Waals surface area contributed by atoms with Gasteiger partial charge in [-0.25, -0.2) is 0 Å². The fourth-order valence-corrected chi connectivity index (χ4v) is 1.86. The van der Waals surface area contributed by atoms with Gasteiger partial charge in [-0.3, -0.25) is 4.79 Å². The van der Waals surface area contributed by atoms with E-state index in [-0.39, 0.29) is 5.91 Å². The molecule has 0 bridgehead atoms. The molecule has 6 heteroatoms. The Bertz CT molecular complexity index is 421. The summed E-state index contributed by atoms with van der Waals surface area (Å²) in [6.45, 7) is 3.61. The highest BCUT2D eigenvalue weighted by Gasteiger charge is 2.29. The van der Waals surface area contributed by atoms with Gasteiger partial charge >= 0.3 is 0 Å². The standard InChI is InChI=1S/C14H21BrN2O3/c1-14(16,11-3-5-12(15)6-4-11)13(18)17-7-8-20-10-9-19-2/h3-6H,7-10,16H2,1-2H3,(H,17,18). The summed E-state index contributed by atoms with van der Waals surface area (Å²) in [7, 11) is 1.61. The fraction of sp³-hybridized carbons (Fsp3) is 0.500. The number of carbonyl (C=O) groups excluding carboxylic acids is 1. The first-order chi connectivity index (χ1) is 9.48. The Morgan fingerprint density at radius 1 is 1.30 bits per heavy atom. The highest BCUT2D eigenvalue weighted by molar-refractivity contribution is 9.10. The maximum Gasteiger partial charge on any atom is 0.244 e. The van der Waals surface area contributed by atoms with Crippen molar-refractivity contribution in [1.82, 2.24) is 5.32 Å². The summed E-state index contributed by atoms with van der Waals surface area (Å²) in [5.74, 6) is -0.227. The van der Waals surface area contributed by atoms with Crippen LogP contribution in [0.15, 0.2) is 28.7 Å². The third-order valence-corrected chi connectivity index (χ3v) is 3.41. The number of carbonyl (C=O) groups is 1. The Morgan fingerprint density at radius 2 is 1.95 bits per heavy atom. The molecule has 1 unspecified atom stereocenters. The quantitative estimate of drug-likeness (QED) is 0.699. The summed E-state index contributed by atoms with van der Waals surface area (Å²) in [6.07, 6.45) is 0. The third kappa shape index (κ3) is 5.20. The lowest BCUT2D eigenvalue weighted by atomic mass is 9.92. The zero-order valence-electron chi connectivity index (χ0n) is 11.8. The van der Waals surface area contributed by atoms with Gasteiger partial charge in [0.05, 0.1) is 19.8 Å². The number of rotatable bonds is 8. The van der Waals surface area contributed by atoms with E-state index >= 15 is 0 Å². The highest BCUT2D eigenvalue weighted by Crippen LogP contribution is 2.20. The molecule has 3 N–H and O–H groups in total. The fourth-order valence-electron chi connectivity index (χ4n) is 1.59. The minimum atomic E-state index is -1.06. The normalized spacial score (nSPS) is 13.8. The predicted molar refractivity (Wildman–Crippen MR) is 81.4 cm³/mol. The number of ether oxygens (including phenoxy) is 2. The Morgan fingerprint density at radius 3 is 2.55 bits per heavy atom. The van der Waals surface area contributed by atoms with Gasteiger partial charge in [0.25, 0.3) is 0 Å². The number of nitrogens with two attached hydrogens (primary N) is 1. The average molecular weight is 345 g/mol. The van der Waals surface area contributed by atoms with E-state index in [1.807, 2.05) is 24.3 Å². The summed E-state index contributed by atoms with van der Waals surface area (Å²) in [4.78, 5) is 12.1. The maximum absolute atomic E-state index is 12.1. The molecule has 0 heterocycles. The van der Waals surface area contributed by atoms with E-state index in [2.05, 4.69) is 21.2 Å². The van der Waals surface area contributed by atoms with Crippen LogP contribution in [-0.4, -0.2) is 39.4 Å². The third-order valence-electron chi connectivity index (χ3n) is 2.88. The first-order valence-electron chi connectivity index (χ1n) is 6.38. The molecule has 1 amide bonds. The molecule has 20 heavy (non-hydrogen) atoms. The topological polar surface area (TPSA) is 73.6 Å². The zero-order chi connectivity index (χ0) is 15.0. The van der Waals surface area contributed by atoms with Crippen molar-refractivity contribution in [2.75, 3.05) is 33.5 Å². The van der Waals surface area contributed by atoms with Crippen LogP contribution in [0.4, 0.5) is 0 Å². The average Bonchev–Trinajstić information content (AvgIpc) is 2.43. The van der Waals surface area contributed by atoms with Gasteiger partial charge in [0.2, 0.25) is 5.91 Å². The van der Waals surface area contributed by atoms with E-state index < -0.39 is 5.54 Å².